The predicted molar refractivity (Wildman–Crippen MR) is 90.3 cm³/mol. The van der Waals surface area contributed by atoms with Crippen LogP contribution in [0.25, 0.3) is 0 Å². The summed E-state index contributed by atoms with van der Waals surface area (Å²) >= 11 is 0. The van der Waals surface area contributed by atoms with E-state index in [9.17, 15) is 18.4 Å². The van der Waals surface area contributed by atoms with Crippen molar-refractivity contribution in [2.45, 2.75) is 63.3 Å². The van der Waals surface area contributed by atoms with Crippen molar-refractivity contribution in [3.8, 4) is 0 Å². The summed E-state index contributed by atoms with van der Waals surface area (Å²) in [7, 11) is 0. The second-order valence-corrected chi connectivity index (χ2v) is 7.74. The van der Waals surface area contributed by atoms with E-state index in [-0.39, 0.29) is 11.8 Å². The average Bonchev–Trinajstić information content (AvgIpc) is 3.00. The van der Waals surface area contributed by atoms with Crippen LogP contribution in [0, 0.1) is 5.92 Å². The summed E-state index contributed by atoms with van der Waals surface area (Å²) in [6.45, 7) is 1.48. The largest absolute Gasteiger partial charge is 0.339 e. The van der Waals surface area contributed by atoms with Crippen molar-refractivity contribution in [3.63, 3.8) is 0 Å². The molecule has 2 saturated heterocycles. The smallest absolute Gasteiger partial charge is 0.262 e. The van der Waals surface area contributed by atoms with Crippen LogP contribution in [0.5, 0.6) is 0 Å². The average molecular weight is 357 g/mol. The number of amides is 2. The lowest BCUT2D eigenvalue weighted by Crippen LogP contribution is -2.54. The van der Waals surface area contributed by atoms with Gasteiger partial charge in [-0.2, -0.15) is 0 Å². The summed E-state index contributed by atoms with van der Waals surface area (Å²) in [5.74, 6) is -2.19. The van der Waals surface area contributed by atoms with Gasteiger partial charge in [-0.3, -0.25) is 14.9 Å². The first kappa shape index (κ1) is 18.5. The van der Waals surface area contributed by atoms with Gasteiger partial charge in [0.05, 0.1) is 12.6 Å². The molecule has 3 aliphatic rings. The minimum absolute atomic E-state index is 0.170. The second kappa shape index (κ2) is 7.98. The standard InChI is InChI=1S/C18H29F2N3O2/c19-18(20)12-15(21-13-18)17(25)23-10-8-22(9-11-23)16(24)7-6-14-4-2-1-3-5-14/h14-15,21H,1-13H2. The summed E-state index contributed by atoms with van der Waals surface area (Å²) in [6.07, 6.45) is 7.52. The van der Waals surface area contributed by atoms with Gasteiger partial charge in [-0.15, -0.1) is 0 Å². The highest BCUT2D eigenvalue weighted by Gasteiger charge is 2.43. The maximum absolute atomic E-state index is 13.2. The first-order chi connectivity index (χ1) is 11.9. The van der Waals surface area contributed by atoms with E-state index in [4.69, 9.17) is 0 Å². The van der Waals surface area contributed by atoms with E-state index >= 15 is 0 Å². The highest BCUT2D eigenvalue weighted by molar-refractivity contribution is 5.83. The zero-order chi connectivity index (χ0) is 17.9. The van der Waals surface area contributed by atoms with Gasteiger partial charge in [0, 0.05) is 39.0 Å². The third-order valence-corrected chi connectivity index (χ3v) is 5.84. The van der Waals surface area contributed by atoms with Crippen LogP contribution < -0.4 is 5.32 Å². The molecule has 142 valence electrons. The lowest BCUT2D eigenvalue weighted by Gasteiger charge is -2.36. The molecule has 0 spiro atoms. The van der Waals surface area contributed by atoms with E-state index in [1.165, 1.54) is 32.1 Å². The molecule has 25 heavy (non-hydrogen) atoms. The van der Waals surface area contributed by atoms with Gasteiger partial charge in [-0.05, 0) is 12.3 Å². The molecule has 3 fully saturated rings. The van der Waals surface area contributed by atoms with Gasteiger partial charge in [-0.25, -0.2) is 8.78 Å². The highest BCUT2D eigenvalue weighted by atomic mass is 19.3. The maximum Gasteiger partial charge on any atom is 0.262 e. The molecular formula is C18H29F2N3O2. The summed E-state index contributed by atoms with van der Waals surface area (Å²) in [4.78, 5) is 28.1. The maximum atomic E-state index is 13.2. The molecule has 0 aromatic carbocycles. The lowest BCUT2D eigenvalue weighted by molar-refractivity contribution is -0.141. The van der Waals surface area contributed by atoms with Crippen LogP contribution in [0.3, 0.4) is 0 Å². The third-order valence-electron chi connectivity index (χ3n) is 5.84. The topological polar surface area (TPSA) is 52.7 Å². The molecule has 3 rings (SSSR count). The molecule has 1 atom stereocenters. The molecule has 5 nitrogen and oxygen atoms in total. The Balaban J connectivity index is 1.39. The van der Waals surface area contributed by atoms with Crippen molar-refractivity contribution in [2.75, 3.05) is 32.7 Å². The van der Waals surface area contributed by atoms with E-state index in [1.807, 2.05) is 4.90 Å². The van der Waals surface area contributed by atoms with E-state index in [0.29, 0.717) is 38.5 Å². The Labute approximate surface area is 148 Å². The number of hydrogen-bond donors (Lipinski definition) is 1. The molecule has 0 radical (unpaired) electrons. The summed E-state index contributed by atoms with van der Waals surface area (Å²) in [6, 6.07) is -0.788. The van der Waals surface area contributed by atoms with Crippen LogP contribution >= 0.6 is 0 Å². The fourth-order valence-electron chi connectivity index (χ4n) is 4.25. The number of nitrogens with one attached hydrogen (secondary N) is 1. The van der Waals surface area contributed by atoms with Crippen molar-refractivity contribution in [1.29, 1.82) is 0 Å². The zero-order valence-electron chi connectivity index (χ0n) is 14.8. The number of nitrogens with zero attached hydrogens (tertiary/aromatic N) is 2. The van der Waals surface area contributed by atoms with Crippen molar-refractivity contribution >= 4 is 11.8 Å². The fourth-order valence-corrected chi connectivity index (χ4v) is 4.25. The third kappa shape index (κ3) is 4.90. The van der Waals surface area contributed by atoms with E-state index in [1.54, 1.807) is 4.90 Å². The number of carbonyl (C=O) groups excluding carboxylic acids is 2. The number of piperazine rings is 1. The Morgan fingerprint density at radius 3 is 2.24 bits per heavy atom. The lowest BCUT2D eigenvalue weighted by atomic mass is 9.86. The van der Waals surface area contributed by atoms with Crippen LogP contribution in [0.1, 0.15) is 51.4 Å². The first-order valence-corrected chi connectivity index (χ1v) is 9.62. The van der Waals surface area contributed by atoms with Crippen LogP contribution in [0.2, 0.25) is 0 Å². The van der Waals surface area contributed by atoms with E-state index < -0.39 is 24.9 Å². The number of halogens is 2. The van der Waals surface area contributed by atoms with Gasteiger partial charge in [0.2, 0.25) is 11.8 Å². The van der Waals surface area contributed by atoms with Gasteiger partial charge in [-0.1, -0.05) is 32.1 Å². The van der Waals surface area contributed by atoms with Crippen LogP contribution in [0.15, 0.2) is 0 Å². The van der Waals surface area contributed by atoms with Crippen molar-refractivity contribution in [3.05, 3.63) is 0 Å². The van der Waals surface area contributed by atoms with Gasteiger partial charge >= 0.3 is 0 Å². The van der Waals surface area contributed by atoms with Gasteiger partial charge in [0.1, 0.15) is 0 Å². The molecule has 0 bridgehead atoms. The Bertz CT molecular complexity index is 487. The second-order valence-electron chi connectivity index (χ2n) is 7.74. The van der Waals surface area contributed by atoms with Crippen molar-refractivity contribution in [2.24, 2.45) is 5.92 Å². The van der Waals surface area contributed by atoms with Crippen molar-refractivity contribution in [1.82, 2.24) is 15.1 Å². The van der Waals surface area contributed by atoms with E-state index in [0.717, 1.165) is 6.42 Å². The van der Waals surface area contributed by atoms with Crippen molar-refractivity contribution < 1.29 is 18.4 Å². The molecule has 1 aliphatic carbocycles. The van der Waals surface area contributed by atoms with E-state index in [2.05, 4.69) is 5.32 Å². The molecule has 0 aromatic heterocycles. The molecule has 2 heterocycles. The number of rotatable bonds is 4. The Morgan fingerprint density at radius 2 is 1.64 bits per heavy atom. The molecule has 1 saturated carbocycles. The van der Waals surface area contributed by atoms with Gasteiger partial charge in [0.25, 0.3) is 5.92 Å². The summed E-state index contributed by atoms with van der Waals surface area (Å²) in [5, 5.41) is 2.61. The molecule has 1 unspecified atom stereocenters. The number of carbonyl (C=O) groups is 2. The highest BCUT2D eigenvalue weighted by Crippen LogP contribution is 2.28. The molecular weight excluding hydrogens is 328 g/mol. The summed E-state index contributed by atoms with van der Waals surface area (Å²) < 4.78 is 26.5. The molecule has 2 amide bonds. The monoisotopic (exact) mass is 357 g/mol. The SMILES string of the molecule is O=C(CCC1CCCCC1)N1CCN(C(=O)C2CC(F)(F)CN2)CC1. The molecule has 1 N–H and O–H groups in total. The predicted octanol–water partition coefficient (Wildman–Crippen LogP) is 2.01. The van der Waals surface area contributed by atoms with Crippen LogP contribution in [-0.4, -0.2) is 66.3 Å². The molecule has 0 aromatic rings. The fraction of sp³-hybridized carbons (Fsp3) is 0.889. The van der Waals surface area contributed by atoms with Gasteiger partial charge < -0.3 is 9.80 Å². The van der Waals surface area contributed by atoms with Gasteiger partial charge in [0.15, 0.2) is 0 Å². The molecule has 7 heteroatoms. The Kier molecular flexibility index (Phi) is 5.92. The van der Waals surface area contributed by atoms with Crippen LogP contribution in [0.4, 0.5) is 8.78 Å². The Hall–Kier alpha value is -1.24. The summed E-state index contributed by atoms with van der Waals surface area (Å²) in [5.41, 5.74) is 0. The quantitative estimate of drug-likeness (QED) is 0.837. The number of alkyl halides is 2. The first-order valence-electron chi connectivity index (χ1n) is 9.62. The zero-order valence-corrected chi connectivity index (χ0v) is 14.8. The molecule has 2 aliphatic heterocycles. The minimum Gasteiger partial charge on any atom is -0.339 e. The number of hydrogen-bond acceptors (Lipinski definition) is 3. The minimum atomic E-state index is -2.79. The normalized spacial score (nSPS) is 27.5. The Morgan fingerprint density at radius 1 is 1.00 bits per heavy atom. The van der Waals surface area contributed by atoms with Crippen LogP contribution in [-0.2, 0) is 9.59 Å².